The fourth-order valence-corrected chi connectivity index (χ4v) is 2.79. The Morgan fingerprint density at radius 1 is 1.13 bits per heavy atom. The van der Waals surface area contributed by atoms with Gasteiger partial charge in [0, 0.05) is 36.4 Å². The lowest BCUT2D eigenvalue weighted by Gasteiger charge is -2.22. The Kier molecular flexibility index (Phi) is 9.40. The minimum Gasteiger partial charge on any atom is -1.00 e. The molecule has 0 radical (unpaired) electrons. The molecule has 2 aromatic rings. The third-order valence-corrected chi connectivity index (χ3v) is 4.47. The summed E-state index contributed by atoms with van der Waals surface area (Å²) in [5.41, 5.74) is 3.33. The van der Waals surface area contributed by atoms with Gasteiger partial charge in [0.25, 0.3) is 5.91 Å². The van der Waals surface area contributed by atoms with Crippen molar-refractivity contribution < 1.29 is 27.1 Å². The molecular formula is C22H24ClN4O3-. The van der Waals surface area contributed by atoms with E-state index >= 15 is 0 Å². The Hall–Kier alpha value is -3.50. The number of carboxylic acid groups (broad SMARTS) is 1. The molecule has 8 heteroatoms. The summed E-state index contributed by atoms with van der Waals surface area (Å²) >= 11 is 0. The number of amides is 1. The van der Waals surface area contributed by atoms with Gasteiger partial charge in [-0.05, 0) is 68.8 Å². The van der Waals surface area contributed by atoms with Crippen molar-refractivity contribution in [2.75, 3.05) is 28.6 Å². The fraction of sp³-hybridized carbons (Fsp3) is 0.227. The molecule has 2 aromatic carbocycles. The first-order valence-electron chi connectivity index (χ1n) is 9.26. The fourth-order valence-electron chi connectivity index (χ4n) is 2.79. The van der Waals surface area contributed by atoms with Crippen LogP contribution in [0.3, 0.4) is 0 Å². The summed E-state index contributed by atoms with van der Waals surface area (Å²) in [4.78, 5) is 25.4. The van der Waals surface area contributed by atoms with Crippen LogP contribution in [0.5, 0.6) is 0 Å². The molecule has 7 nitrogen and oxygen atoms in total. The van der Waals surface area contributed by atoms with Gasteiger partial charge in [0.15, 0.2) is 0 Å². The quantitative estimate of drug-likeness (QED) is 0.429. The van der Waals surface area contributed by atoms with E-state index in [2.05, 4.69) is 35.4 Å². The zero-order chi connectivity index (χ0) is 21.4. The van der Waals surface area contributed by atoms with Crippen molar-refractivity contribution in [3.63, 3.8) is 0 Å². The molecule has 2 rings (SSSR count). The van der Waals surface area contributed by atoms with Crippen molar-refractivity contribution in [3.05, 3.63) is 65.4 Å². The lowest BCUT2D eigenvalue weighted by molar-refractivity contribution is -0.112. The second kappa shape index (κ2) is 11.5. The zero-order valence-corrected chi connectivity index (χ0v) is 17.8. The third kappa shape index (κ3) is 6.26. The predicted octanol–water partition coefficient (Wildman–Crippen LogP) is 1.00. The molecule has 0 unspecified atom stereocenters. The molecule has 1 amide bonds. The average Bonchev–Trinajstić information content (AvgIpc) is 2.71. The second-order valence-corrected chi connectivity index (χ2v) is 6.32. The van der Waals surface area contributed by atoms with E-state index < -0.39 is 11.9 Å². The number of rotatable bonds is 8. The molecule has 3 N–H and O–H groups in total. The monoisotopic (exact) mass is 427 g/mol. The van der Waals surface area contributed by atoms with Crippen molar-refractivity contribution in [2.45, 2.75) is 20.8 Å². The minimum atomic E-state index is -1.05. The van der Waals surface area contributed by atoms with Crippen molar-refractivity contribution in [1.82, 2.24) is 0 Å². The molecule has 0 saturated heterocycles. The van der Waals surface area contributed by atoms with Crippen LogP contribution in [0.4, 0.5) is 17.1 Å². The van der Waals surface area contributed by atoms with Gasteiger partial charge < -0.3 is 33.0 Å². The lowest BCUT2D eigenvalue weighted by atomic mass is 10.1. The van der Waals surface area contributed by atoms with Gasteiger partial charge in [-0.3, -0.25) is 4.79 Å². The van der Waals surface area contributed by atoms with Crippen LogP contribution < -0.4 is 27.9 Å². The van der Waals surface area contributed by atoms with Crippen LogP contribution in [-0.4, -0.2) is 30.1 Å². The number of carboxylic acids is 1. The predicted molar refractivity (Wildman–Crippen MR) is 114 cm³/mol. The van der Waals surface area contributed by atoms with E-state index in [1.54, 1.807) is 0 Å². The molecule has 30 heavy (non-hydrogen) atoms. The van der Waals surface area contributed by atoms with Crippen LogP contribution in [0, 0.1) is 18.3 Å². The molecule has 0 heterocycles. The molecule has 0 spiro atoms. The molecular weight excluding hydrogens is 404 g/mol. The Labute approximate surface area is 182 Å². The van der Waals surface area contributed by atoms with Crippen LogP contribution in [-0.2, 0) is 4.79 Å². The maximum absolute atomic E-state index is 12.3. The van der Waals surface area contributed by atoms with Crippen LogP contribution in [0.25, 0.3) is 0 Å². The largest absolute Gasteiger partial charge is 1.00 e. The van der Waals surface area contributed by atoms with Gasteiger partial charge in [-0.1, -0.05) is 0 Å². The summed E-state index contributed by atoms with van der Waals surface area (Å²) < 4.78 is 0. The molecule has 0 fully saturated rings. The maximum Gasteiger partial charge on any atom is 0.335 e. The minimum absolute atomic E-state index is 0. The van der Waals surface area contributed by atoms with E-state index in [1.165, 1.54) is 30.5 Å². The highest BCUT2D eigenvalue weighted by Crippen LogP contribution is 2.23. The number of hydrogen-bond acceptors (Lipinski definition) is 5. The first-order valence-corrected chi connectivity index (χ1v) is 9.26. The number of halogens is 1. The number of anilines is 3. The van der Waals surface area contributed by atoms with E-state index in [1.807, 2.05) is 25.1 Å². The molecule has 0 aliphatic rings. The van der Waals surface area contributed by atoms with E-state index in [-0.39, 0.29) is 23.5 Å². The van der Waals surface area contributed by atoms with Crippen LogP contribution >= 0.6 is 0 Å². The topological polar surface area (TPSA) is 105 Å². The van der Waals surface area contributed by atoms with Crippen molar-refractivity contribution in [2.24, 2.45) is 0 Å². The first kappa shape index (κ1) is 24.5. The van der Waals surface area contributed by atoms with Gasteiger partial charge in [-0.25, -0.2) is 4.79 Å². The summed E-state index contributed by atoms with van der Waals surface area (Å²) in [5, 5.41) is 23.8. The number of carbonyl (C=O) groups excluding carboxylic acids is 1. The maximum atomic E-state index is 12.3. The van der Waals surface area contributed by atoms with Crippen molar-refractivity contribution in [3.8, 4) is 6.07 Å². The van der Waals surface area contributed by atoms with Crippen LogP contribution in [0.15, 0.2) is 54.2 Å². The summed E-state index contributed by atoms with van der Waals surface area (Å²) in [6, 6.07) is 13.5. The Bertz CT molecular complexity index is 961. The van der Waals surface area contributed by atoms with Gasteiger partial charge in [0.1, 0.15) is 11.6 Å². The number of benzene rings is 2. The molecule has 0 atom stereocenters. The highest BCUT2D eigenvalue weighted by molar-refractivity contribution is 6.06. The highest BCUT2D eigenvalue weighted by Gasteiger charge is 2.11. The van der Waals surface area contributed by atoms with E-state index in [0.29, 0.717) is 5.69 Å². The number of aromatic carboxylic acids is 1. The Morgan fingerprint density at radius 3 is 2.27 bits per heavy atom. The van der Waals surface area contributed by atoms with E-state index in [4.69, 9.17) is 5.11 Å². The zero-order valence-electron chi connectivity index (χ0n) is 17.1. The Morgan fingerprint density at radius 2 is 1.77 bits per heavy atom. The van der Waals surface area contributed by atoms with Gasteiger partial charge >= 0.3 is 5.97 Å². The lowest BCUT2D eigenvalue weighted by Crippen LogP contribution is -3.00. The van der Waals surface area contributed by atoms with Gasteiger partial charge in [0.05, 0.1) is 5.56 Å². The molecule has 0 aromatic heterocycles. The second-order valence-electron chi connectivity index (χ2n) is 6.32. The van der Waals surface area contributed by atoms with Gasteiger partial charge in [-0.2, -0.15) is 5.26 Å². The molecule has 0 saturated carbocycles. The third-order valence-electron chi connectivity index (χ3n) is 4.47. The number of hydrogen-bond donors (Lipinski definition) is 3. The normalized spacial score (nSPS) is 10.4. The van der Waals surface area contributed by atoms with Gasteiger partial charge in [-0.15, -0.1) is 0 Å². The summed E-state index contributed by atoms with van der Waals surface area (Å²) in [6.07, 6.45) is 1.36. The van der Waals surface area contributed by atoms with Crippen molar-refractivity contribution in [1.29, 1.82) is 5.26 Å². The van der Waals surface area contributed by atoms with Crippen LogP contribution in [0.2, 0.25) is 0 Å². The number of nitrogens with zero attached hydrogens (tertiary/aromatic N) is 2. The molecule has 158 valence electrons. The number of carbonyl (C=O) groups is 2. The van der Waals surface area contributed by atoms with Crippen molar-refractivity contribution >= 4 is 28.9 Å². The number of nitrogens with one attached hydrogen (secondary N) is 2. The molecule has 0 bridgehead atoms. The summed E-state index contributed by atoms with van der Waals surface area (Å²) in [6.45, 7) is 7.98. The van der Waals surface area contributed by atoms with Crippen LogP contribution in [0.1, 0.15) is 29.8 Å². The SMILES string of the molecule is CCN(CC)c1ccc(N/C=C(/C#N)C(=O)Nc2ccc(C(=O)O)cc2)c(C)c1.[Cl-]. The Balaban J connectivity index is 0.00000450. The number of nitriles is 1. The number of aryl methyl sites for hydroxylation is 1. The first-order chi connectivity index (χ1) is 13.9. The highest BCUT2D eigenvalue weighted by atomic mass is 35.5. The smallest absolute Gasteiger partial charge is 0.335 e. The molecule has 0 aliphatic carbocycles. The summed E-state index contributed by atoms with van der Waals surface area (Å²) in [7, 11) is 0. The van der Waals surface area contributed by atoms with E-state index in [9.17, 15) is 14.9 Å². The summed E-state index contributed by atoms with van der Waals surface area (Å²) in [5.74, 6) is -1.63. The van der Waals surface area contributed by atoms with E-state index in [0.717, 1.165) is 30.0 Å². The van der Waals surface area contributed by atoms with Gasteiger partial charge in [0.2, 0.25) is 0 Å². The molecule has 0 aliphatic heterocycles. The standard InChI is InChI=1S/C22H24N4O3.ClH/c1-4-26(5-2)19-10-11-20(15(3)12-19)24-14-17(13-23)21(27)25-18-8-6-16(7-9-18)22(28)29;/h6-12,14,24H,4-5H2,1-3H3,(H,25,27)(H,28,29);1H/p-1/b17-14-;. The average molecular weight is 428 g/mol.